The van der Waals surface area contributed by atoms with E-state index < -0.39 is 0 Å². The molecule has 1 aromatic heterocycles. The molecule has 0 aliphatic heterocycles. The second-order valence-electron chi connectivity index (χ2n) is 6.63. The van der Waals surface area contributed by atoms with Crippen LogP contribution in [0.25, 0.3) is 10.2 Å². The number of methoxy groups -OCH3 is 2. The molecular formula is C21H26ClN3O3S2. The molecule has 0 radical (unpaired) electrons. The molecule has 0 aliphatic rings. The highest BCUT2D eigenvalue weighted by Crippen LogP contribution is 2.35. The number of anilines is 1. The van der Waals surface area contributed by atoms with E-state index in [1.165, 1.54) is 16.2 Å². The number of aromatic nitrogens is 1. The Morgan fingerprint density at radius 2 is 1.90 bits per heavy atom. The Labute approximate surface area is 191 Å². The highest BCUT2D eigenvalue weighted by molar-refractivity contribution is 7.98. The fourth-order valence-electron chi connectivity index (χ4n) is 2.92. The SMILES string of the molecule is COc1cccc(C(=O)N(CCN(C)C)c2nc3ccc(SC)cc3s2)c1OC.Cl. The van der Waals surface area contributed by atoms with Gasteiger partial charge in [-0.3, -0.25) is 9.69 Å². The number of carbonyl (C=O) groups excluding carboxylic acids is 1. The lowest BCUT2D eigenvalue weighted by molar-refractivity contribution is 0.0981. The van der Waals surface area contributed by atoms with E-state index in [9.17, 15) is 4.79 Å². The van der Waals surface area contributed by atoms with Gasteiger partial charge in [-0.25, -0.2) is 4.98 Å². The van der Waals surface area contributed by atoms with Crippen LogP contribution in [0.4, 0.5) is 5.13 Å². The fourth-order valence-corrected chi connectivity index (χ4v) is 4.46. The maximum Gasteiger partial charge on any atom is 0.264 e. The van der Waals surface area contributed by atoms with Gasteiger partial charge in [0.1, 0.15) is 0 Å². The molecule has 0 bridgehead atoms. The first kappa shape index (κ1) is 24.3. The molecule has 0 saturated carbocycles. The topological polar surface area (TPSA) is 54.9 Å². The van der Waals surface area contributed by atoms with Crippen molar-refractivity contribution in [2.45, 2.75) is 4.90 Å². The molecule has 1 amide bonds. The van der Waals surface area contributed by atoms with Gasteiger partial charge in [0.15, 0.2) is 16.6 Å². The van der Waals surface area contributed by atoms with Crippen molar-refractivity contribution in [2.24, 2.45) is 0 Å². The lowest BCUT2D eigenvalue weighted by atomic mass is 10.1. The molecule has 0 aliphatic carbocycles. The van der Waals surface area contributed by atoms with Crippen molar-refractivity contribution < 1.29 is 14.3 Å². The van der Waals surface area contributed by atoms with Crippen molar-refractivity contribution in [2.75, 3.05) is 52.6 Å². The van der Waals surface area contributed by atoms with Gasteiger partial charge in [-0.05, 0) is 50.7 Å². The molecule has 30 heavy (non-hydrogen) atoms. The Bertz CT molecular complexity index is 1010. The maximum atomic E-state index is 13.5. The molecule has 0 fully saturated rings. The van der Waals surface area contributed by atoms with Crippen LogP contribution >= 0.6 is 35.5 Å². The first-order valence-electron chi connectivity index (χ1n) is 9.10. The number of hydrogen-bond acceptors (Lipinski definition) is 7. The van der Waals surface area contributed by atoms with Crippen LogP contribution in [-0.4, -0.2) is 63.5 Å². The molecule has 3 aromatic rings. The average molecular weight is 468 g/mol. The third-order valence-corrected chi connectivity index (χ3v) is 6.23. The van der Waals surface area contributed by atoms with Gasteiger partial charge in [-0.1, -0.05) is 17.4 Å². The van der Waals surface area contributed by atoms with Crippen LogP contribution in [-0.2, 0) is 0 Å². The number of amides is 1. The number of likely N-dealkylation sites (N-methyl/N-ethyl adjacent to an activating group) is 1. The number of thioether (sulfide) groups is 1. The molecule has 0 saturated heterocycles. The van der Waals surface area contributed by atoms with Crippen molar-refractivity contribution in [3.8, 4) is 11.5 Å². The van der Waals surface area contributed by atoms with E-state index in [0.717, 1.165) is 10.2 Å². The normalized spacial score (nSPS) is 10.7. The van der Waals surface area contributed by atoms with Crippen molar-refractivity contribution >= 4 is 56.8 Å². The summed E-state index contributed by atoms with van der Waals surface area (Å²) in [5.74, 6) is 0.798. The Morgan fingerprint density at radius 3 is 2.53 bits per heavy atom. The van der Waals surface area contributed by atoms with Gasteiger partial charge in [0.25, 0.3) is 5.91 Å². The molecule has 162 valence electrons. The van der Waals surface area contributed by atoms with Gasteiger partial charge in [0.05, 0.1) is 30.0 Å². The largest absolute Gasteiger partial charge is 0.493 e. The summed E-state index contributed by atoms with van der Waals surface area (Å²) in [6.07, 6.45) is 2.05. The lowest BCUT2D eigenvalue weighted by Crippen LogP contribution is -2.37. The summed E-state index contributed by atoms with van der Waals surface area (Å²) >= 11 is 3.21. The summed E-state index contributed by atoms with van der Waals surface area (Å²) in [5, 5.41) is 0.676. The highest BCUT2D eigenvalue weighted by Gasteiger charge is 2.25. The van der Waals surface area contributed by atoms with Gasteiger partial charge in [0, 0.05) is 18.0 Å². The number of halogens is 1. The maximum absolute atomic E-state index is 13.5. The standard InChI is InChI=1S/C21H25N3O3S2.ClH/c1-23(2)11-12-24(20(25)15-7-6-8-17(26-3)19(15)27-4)21-22-16-10-9-14(28-5)13-18(16)29-21;/h6-10,13H,11-12H2,1-5H3;1H. The smallest absolute Gasteiger partial charge is 0.264 e. The zero-order chi connectivity index (χ0) is 21.0. The van der Waals surface area contributed by atoms with Crippen LogP contribution in [0.2, 0.25) is 0 Å². The minimum atomic E-state index is -0.160. The van der Waals surface area contributed by atoms with Crippen LogP contribution in [0.1, 0.15) is 10.4 Å². The Kier molecular flexibility index (Phi) is 8.78. The van der Waals surface area contributed by atoms with E-state index in [0.29, 0.717) is 35.3 Å². The number of carbonyl (C=O) groups is 1. The molecule has 1 heterocycles. The number of benzene rings is 2. The number of nitrogens with zero attached hydrogens (tertiary/aromatic N) is 3. The Hall–Kier alpha value is -2.00. The van der Waals surface area contributed by atoms with Gasteiger partial charge in [0.2, 0.25) is 0 Å². The van der Waals surface area contributed by atoms with Gasteiger partial charge >= 0.3 is 0 Å². The summed E-state index contributed by atoms with van der Waals surface area (Å²) in [7, 11) is 7.07. The second kappa shape index (κ2) is 10.9. The van der Waals surface area contributed by atoms with Crippen LogP contribution in [0.15, 0.2) is 41.3 Å². The molecule has 3 rings (SSSR count). The average Bonchev–Trinajstić information content (AvgIpc) is 3.15. The predicted molar refractivity (Wildman–Crippen MR) is 128 cm³/mol. The van der Waals surface area contributed by atoms with Gasteiger partial charge in [-0.15, -0.1) is 24.2 Å². The zero-order valence-corrected chi connectivity index (χ0v) is 20.1. The molecular weight excluding hydrogens is 442 g/mol. The minimum absolute atomic E-state index is 0. The van der Waals surface area contributed by atoms with Crippen molar-refractivity contribution in [1.29, 1.82) is 0 Å². The number of rotatable bonds is 8. The number of fused-ring (bicyclic) bond motifs is 1. The fraction of sp³-hybridized carbons (Fsp3) is 0.333. The number of thiazole rings is 1. The first-order chi connectivity index (χ1) is 14.0. The molecule has 2 aromatic carbocycles. The molecule has 0 N–H and O–H groups in total. The molecule has 6 nitrogen and oxygen atoms in total. The van der Waals surface area contributed by atoms with E-state index in [2.05, 4.69) is 6.07 Å². The molecule has 0 atom stereocenters. The van der Waals surface area contributed by atoms with Crippen molar-refractivity contribution in [3.05, 3.63) is 42.0 Å². The quantitative estimate of drug-likeness (QED) is 0.449. The number of hydrogen-bond donors (Lipinski definition) is 0. The summed E-state index contributed by atoms with van der Waals surface area (Å²) in [4.78, 5) is 23.2. The van der Waals surface area contributed by atoms with Crippen LogP contribution in [0.3, 0.4) is 0 Å². The molecule has 0 unspecified atom stereocenters. The van der Waals surface area contributed by atoms with Crippen LogP contribution in [0.5, 0.6) is 11.5 Å². The molecule has 9 heteroatoms. The van der Waals surface area contributed by atoms with E-state index in [1.807, 2.05) is 37.4 Å². The minimum Gasteiger partial charge on any atom is -0.493 e. The second-order valence-corrected chi connectivity index (χ2v) is 8.52. The highest BCUT2D eigenvalue weighted by atomic mass is 35.5. The lowest BCUT2D eigenvalue weighted by Gasteiger charge is -2.23. The third kappa shape index (κ3) is 5.18. The van der Waals surface area contributed by atoms with Crippen LogP contribution < -0.4 is 14.4 Å². The molecule has 0 spiro atoms. The number of ether oxygens (including phenoxy) is 2. The van der Waals surface area contributed by atoms with Crippen molar-refractivity contribution in [1.82, 2.24) is 9.88 Å². The van der Waals surface area contributed by atoms with E-state index in [1.54, 1.807) is 49.1 Å². The Balaban J connectivity index is 0.00000320. The third-order valence-electron chi connectivity index (χ3n) is 4.46. The summed E-state index contributed by atoms with van der Waals surface area (Å²) in [6, 6.07) is 11.5. The van der Waals surface area contributed by atoms with E-state index in [-0.39, 0.29) is 18.3 Å². The van der Waals surface area contributed by atoms with Crippen molar-refractivity contribution in [3.63, 3.8) is 0 Å². The monoisotopic (exact) mass is 467 g/mol. The van der Waals surface area contributed by atoms with Gasteiger partial charge in [-0.2, -0.15) is 0 Å². The predicted octanol–water partition coefficient (Wildman–Crippen LogP) is 4.67. The van der Waals surface area contributed by atoms with Crippen LogP contribution in [0, 0.1) is 0 Å². The number of para-hydroxylation sites is 1. The Morgan fingerprint density at radius 1 is 1.13 bits per heavy atom. The van der Waals surface area contributed by atoms with E-state index in [4.69, 9.17) is 14.5 Å². The summed E-state index contributed by atoms with van der Waals surface area (Å²) in [6.45, 7) is 1.23. The summed E-state index contributed by atoms with van der Waals surface area (Å²) in [5.41, 5.74) is 1.35. The summed E-state index contributed by atoms with van der Waals surface area (Å²) < 4.78 is 11.9. The van der Waals surface area contributed by atoms with Gasteiger partial charge < -0.3 is 14.4 Å². The van der Waals surface area contributed by atoms with E-state index >= 15 is 0 Å². The first-order valence-corrected chi connectivity index (χ1v) is 11.1. The zero-order valence-electron chi connectivity index (χ0n) is 17.7.